The number of carbonyl (C=O) groups excluding carboxylic acids is 1. The molecule has 0 saturated heterocycles. The molecular formula is C23H21N3O2. The first-order valence-corrected chi connectivity index (χ1v) is 9.19. The summed E-state index contributed by atoms with van der Waals surface area (Å²) in [6.45, 7) is 2.08. The number of hydrogen-bond donors (Lipinski definition) is 1. The Bertz CT molecular complexity index is 1040. The van der Waals surface area contributed by atoms with E-state index in [0.717, 1.165) is 16.8 Å². The highest BCUT2D eigenvalue weighted by Crippen LogP contribution is 2.26. The van der Waals surface area contributed by atoms with E-state index in [-0.39, 0.29) is 11.9 Å². The largest absolute Gasteiger partial charge is 0.356 e. The number of nitrogens with zero attached hydrogens (tertiary/aromatic N) is 2. The van der Waals surface area contributed by atoms with Crippen LogP contribution in [-0.2, 0) is 4.79 Å². The summed E-state index contributed by atoms with van der Waals surface area (Å²) in [5.41, 5.74) is 3.99. The topological polar surface area (TPSA) is 60.1 Å². The van der Waals surface area contributed by atoms with Crippen molar-refractivity contribution in [2.75, 3.05) is 5.32 Å². The normalized spacial score (nSPS) is 11.9. The van der Waals surface area contributed by atoms with Gasteiger partial charge in [-0.1, -0.05) is 29.4 Å². The smallest absolute Gasteiger partial charge is 0.226 e. The Balaban J connectivity index is 1.50. The Morgan fingerprint density at radius 1 is 1.04 bits per heavy atom. The molecule has 0 aliphatic rings. The van der Waals surface area contributed by atoms with E-state index in [1.54, 1.807) is 12.3 Å². The van der Waals surface area contributed by atoms with E-state index >= 15 is 0 Å². The third-order valence-electron chi connectivity index (χ3n) is 4.80. The Labute approximate surface area is 163 Å². The zero-order valence-electron chi connectivity index (χ0n) is 15.6. The average Bonchev–Trinajstić information content (AvgIpc) is 3.42. The van der Waals surface area contributed by atoms with E-state index in [1.165, 1.54) is 5.56 Å². The molecule has 0 spiro atoms. The van der Waals surface area contributed by atoms with Crippen molar-refractivity contribution in [3.05, 3.63) is 96.4 Å². The van der Waals surface area contributed by atoms with E-state index in [2.05, 4.69) is 34.1 Å². The molecule has 28 heavy (non-hydrogen) atoms. The summed E-state index contributed by atoms with van der Waals surface area (Å²) >= 11 is 0. The molecule has 1 unspecified atom stereocenters. The maximum absolute atomic E-state index is 12.8. The first-order valence-electron chi connectivity index (χ1n) is 9.19. The van der Waals surface area contributed by atoms with Crippen LogP contribution < -0.4 is 5.32 Å². The van der Waals surface area contributed by atoms with Crippen LogP contribution in [0, 0.1) is 6.92 Å². The Morgan fingerprint density at radius 2 is 1.79 bits per heavy atom. The molecule has 1 atom stereocenters. The van der Waals surface area contributed by atoms with Crippen LogP contribution in [0.2, 0.25) is 0 Å². The minimum absolute atomic E-state index is 0.0330. The minimum atomic E-state index is -0.0512. The van der Waals surface area contributed by atoms with Gasteiger partial charge in [0.2, 0.25) is 5.91 Å². The van der Waals surface area contributed by atoms with Crippen molar-refractivity contribution in [1.82, 2.24) is 9.72 Å². The molecule has 0 bridgehead atoms. The maximum atomic E-state index is 12.8. The van der Waals surface area contributed by atoms with Gasteiger partial charge in [-0.15, -0.1) is 0 Å². The summed E-state index contributed by atoms with van der Waals surface area (Å²) in [5, 5.41) is 6.71. The van der Waals surface area contributed by atoms with Gasteiger partial charge in [0.25, 0.3) is 0 Å². The fourth-order valence-corrected chi connectivity index (χ4v) is 3.36. The molecule has 2 aromatic carbocycles. The zero-order valence-corrected chi connectivity index (χ0v) is 15.6. The summed E-state index contributed by atoms with van der Waals surface area (Å²) in [7, 11) is 0. The molecule has 0 aliphatic carbocycles. The summed E-state index contributed by atoms with van der Waals surface area (Å²) < 4.78 is 7.23. The summed E-state index contributed by atoms with van der Waals surface area (Å²) in [5.74, 6) is 0.666. The monoisotopic (exact) mass is 371 g/mol. The molecule has 2 heterocycles. The molecular weight excluding hydrogens is 350 g/mol. The number of benzene rings is 2. The Hall–Kier alpha value is -3.60. The van der Waals surface area contributed by atoms with Crippen LogP contribution in [0.15, 0.2) is 89.8 Å². The van der Waals surface area contributed by atoms with Crippen LogP contribution in [-0.4, -0.2) is 15.6 Å². The van der Waals surface area contributed by atoms with Crippen LogP contribution in [0.4, 0.5) is 5.69 Å². The molecule has 4 rings (SSSR count). The quantitative estimate of drug-likeness (QED) is 0.515. The van der Waals surface area contributed by atoms with Gasteiger partial charge in [-0.05, 0) is 54.4 Å². The van der Waals surface area contributed by atoms with Crippen molar-refractivity contribution in [3.8, 4) is 11.3 Å². The van der Waals surface area contributed by atoms with Crippen LogP contribution in [0.5, 0.6) is 0 Å². The molecule has 1 amide bonds. The number of rotatable bonds is 6. The van der Waals surface area contributed by atoms with Crippen LogP contribution >= 0.6 is 0 Å². The van der Waals surface area contributed by atoms with Gasteiger partial charge in [0.05, 0.1) is 18.7 Å². The minimum Gasteiger partial charge on any atom is -0.356 e. The molecule has 0 fully saturated rings. The number of aromatic nitrogens is 2. The second-order valence-electron chi connectivity index (χ2n) is 6.71. The second-order valence-corrected chi connectivity index (χ2v) is 6.71. The van der Waals surface area contributed by atoms with Gasteiger partial charge in [-0.25, -0.2) is 0 Å². The molecule has 0 saturated carbocycles. The van der Waals surface area contributed by atoms with Crippen molar-refractivity contribution < 1.29 is 9.32 Å². The van der Waals surface area contributed by atoms with Gasteiger partial charge in [0.1, 0.15) is 0 Å². The third kappa shape index (κ3) is 3.88. The average molecular weight is 371 g/mol. The lowest BCUT2D eigenvalue weighted by atomic mass is 9.98. The van der Waals surface area contributed by atoms with Crippen LogP contribution in [0.3, 0.4) is 0 Å². The SMILES string of the molecule is Cc1ccccc1C(CC(=O)Nc1ccc(-c2ccno2)cc1)n1cccc1. The highest BCUT2D eigenvalue weighted by molar-refractivity contribution is 5.91. The van der Waals surface area contributed by atoms with Crippen molar-refractivity contribution in [2.24, 2.45) is 0 Å². The van der Waals surface area contributed by atoms with Crippen molar-refractivity contribution in [2.45, 2.75) is 19.4 Å². The van der Waals surface area contributed by atoms with E-state index in [9.17, 15) is 4.79 Å². The summed E-state index contributed by atoms with van der Waals surface area (Å²) in [6.07, 6.45) is 5.95. The molecule has 4 aromatic rings. The standard InChI is InChI=1S/C23H21N3O2/c1-17-6-2-3-7-20(17)21(26-14-4-5-15-26)16-23(27)25-19-10-8-18(9-11-19)22-12-13-24-28-22/h2-15,21H,16H2,1H3,(H,25,27). The molecule has 5 nitrogen and oxygen atoms in total. The van der Waals surface area contributed by atoms with Gasteiger partial charge in [-0.2, -0.15) is 0 Å². The highest BCUT2D eigenvalue weighted by atomic mass is 16.5. The zero-order chi connectivity index (χ0) is 19.3. The number of aryl methyl sites for hydroxylation is 1. The van der Waals surface area contributed by atoms with E-state index in [1.807, 2.05) is 60.9 Å². The third-order valence-corrected chi connectivity index (χ3v) is 4.80. The summed E-state index contributed by atoms with van der Waals surface area (Å²) in [4.78, 5) is 12.8. The molecule has 0 aliphatic heterocycles. The molecule has 5 heteroatoms. The second kappa shape index (κ2) is 7.96. The lowest BCUT2D eigenvalue weighted by molar-refractivity contribution is -0.116. The first-order chi connectivity index (χ1) is 13.7. The summed E-state index contributed by atoms with van der Waals surface area (Å²) in [6, 6.07) is 21.4. The first kappa shape index (κ1) is 17.8. The molecule has 1 N–H and O–H groups in total. The maximum Gasteiger partial charge on any atom is 0.226 e. The van der Waals surface area contributed by atoms with E-state index in [4.69, 9.17) is 4.52 Å². The van der Waals surface area contributed by atoms with Crippen molar-refractivity contribution in [3.63, 3.8) is 0 Å². The Morgan fingerprint density at radius 3 is 2.46 bits per heavy atom. The van der Waals surface area contributed by atoms with E-state index < -0.39 is 0 Å². The van der Waals surface area contributed by atoms with Gasteiger partial charge < -0.3 is 14.4 Å². The van der Waals surface area contributed by atoms with Crippen molar-refractivity contribution >= 4 is 11.6 Å². The molecule has 0 radical (unpaired) electrons. The molecule has 140 valence electrons. The lowest BCUT2D eigenvalue weighted by Crippen LogP contribution is -2.20. The van der Waals surface area contributed by atoms with Gasteiger partial charge in [0.15, 0.2) is 5.76 Å². The lowest BCUT2D eigenvalue weighted by Gasteiger charge is -2.21. The fraction of sp³-hybridized carbons (Fsp3) is 0.130. The molecule has 2 aromatic heterocycles. The predicted octanol–water partition coefficient (Wildman–Crippen LogP) is 5.07. The number of anilines is 1. The predicted molar refractivity (Wildman–Crippen MR) is 109 cm³/mol. The van der Waals surface area contributed by atoms with Crippen LogP contribution in [0.1, 0.15) is 23.6 Å². The van der Waals surface area contributed by atoms with Crippen molar-refractivity contribution in [1.29, 1.82) is 0 Å². The van der Waals surface area contributed by atoms with Gasteiger partial charge >= 0.3 is 0 Å². The Kier molecular flexibility index (Phi) is 5.06. The number of amides is 1. The fourth-order valence-electron chi connectivity index (χ4n) is 3.36. The highest BCUT2D eigenvalue weighted by Gasteiger charge is 2.19. The van der Waals surface area contributed by atoms with E-state index in [0.29, 0.717) is 12.2 Å². The van der Waals surface area contributed by atoms with Gasteiger partial charge in [-0.3, -0.25) is 4.79 Å². The number of nitrogens with one attached hydrogen (secondary N) is 1. The van der Waals surface area contributed by atoms with Crippen LogP contribution in [0.25, 0.3) is 11.3 Å². The number of hydrogen-bond acceptors (Lipinski definition) is 3. The number of carbonyl (C=O) groups is 1. The van der Waals surface area contributed by atoms with Gasteiger partial charge in [0, 0.05) is 29.7 Å².